The van der Waals surface area contributed by atoms with Crippen molar-refractivity contribution < 1.29 is 23.9 Å². The van der Waals surface area contributed by atoms with Crippen molar-refractivity contribution in [2.75, 3.05) is 20.2 Å². The Hall–Kier alpha value is -2.61. The van der Waals surface area contributed by atoms with Crippen LogP contribution in [0.2, 0.25) is 0 Å². The fourth-order valence-electron chi connectivity index (χ4n) is 2.91. The summed E-state index contributed by atoms with van der Waals surface area (Å²) >= 11 is 0. The molecule has 2 atom stereocenters. The van der Waals surface area contributed by atoms with Gasteiger partial charge in [-0.3, -0.25) is 4.79 Å². The summed E-state index contributed by atoms with van der Waals surface area (Å²) in [7, 11) is 1.29. The molecule has 1 heterocycles. The number of carbonyl (C=O) groups is 3. The Labute approximate surface area is 152 Å². The zero-order chi connectivity index (χ0) is 18.9. The van der Waals surface area contributed by atoms with Crippen LogP contribution < -0.4 is 11.1 Å². The van der Waals surface area contributed by atoms with Crippen LogP contribution in [0.4, 0.5) is 4.79 Å². The van der Waals surface area contributed by atoms with Crippen molar-refractivity contribution in [1.82, 2.24) is 10.2 Å². The molecule has 0 radical (unpaired) electrons. The van der Waals surface area contributed by atoms with Crippen molar-refractivity contribution in [3.8, 4) is 0 Å². The highest BCUT2D eigenvalue weighted by Crippen LogP contribution is 2.19. The van der Waals surface area contributed by atoms with E-state index in [0.29, 0.717) is 13.0 Å². The van der Waals surface area contributed by atoms with E-state index in [9.17, 15) is 14.4 Å². The molecule has 2 rings (SSSR count). The highest BCUT2D eigenvalue weighted by Gasteiger charge is 2.36. The predicted molar refractivity (Wildman–Crippen MR) is 94.0 cm³/mol. The fraction of sp³-hybridized carbons (Fsp3) is 0.500. The molecule has 3 N–H and O–H groups in total. The smallest absolute Gasteiger partial charge is 0.408 e. The number of nitrogens with zero attached hydrogens (tertiary/aromatic N) is 1. The molecule has 1 aliphatic rings. The SMILES string of the molecule is COC(=O)[C@H]1CCCCN1C(=O)[C@H](CN)NC(=O)OCc1ccccc1. The minimum atomic E-state index is -0.955. The van der Waals surface area contributed by atoms with Gasteiger partial charge in [-0.1, -0.05) is 30.3 Å². The van der Waals surface area contributed by atoms with Gasteiger partial charge in [-0.05, 0) is 24.8 Å². The number of ether oxygens (including phenoxy) is 2. The first-order chi connectivity index (χ1) is 12.6. The summed E-state index contributed by atoms with van der Waals surface area (Å²) in [5.74, 6) is -0.861. The molecule has 8 heteroatoms. The van der Waals surface area contributed by atoms with Gasteiger partial charge in [0.05, 0.1) is 7.11 Å². The number of likely N-dealkylation sites (tertiary alicyclic amines) is 1. The third-order valence-electron chi connectivity index (χ3n) is 4.30. The van der Waals surface area contributed by atoms with Crippen LogP contribution in [0.3, 0.4) is 0 Å². The summed E-state index contributed by atoms with van der Waals surface area (Å²) in [6.45, 7) is 0.423. The normalized spacial score (nSPS) is 17.9. The van der Waals surface area contributed by atoms with Gasteiger partial charge in [0.2, 0.25) is 5.91 Å². The van der Waals surface area contributed by atoms with E-state index in [1.54, 1.807) is 0 Å². The van der Waals surface area contributed by atoms with E-state index >= 15 is 0 Å². The summed E-state index contributed by atoms with van der Waals surface area (Å²) in [6.07, 6.45) is 1.43. The molecule has 2 amide bonds. The van der Waals surface area contributed by atoms with Crippen molar-refractivity contribution in [3.05, 3.63) is 35.9 Å². The van der Waals surface area contributed by atoms with Crippen LogP contribution in [0.1, 0.15) is 24.8 Å². The average Bonchev–Trinajstić information content (AvgIpc) is 2.70. The van der Waals surface area contributed by atoms with E-state index in [4.69, 9.17) is 15.2 Å². The average molecular weight is 363 g/mol. The molecule has 0 unspecified atom stereocenters. The van der Waals surface area contributed by atoms with Crippen LogP contribution in [-0.4, -0.2) is 55.2 Å². The first kappa shape index (κ1) is 19.7. The number of hydrogen-bond acceptors (Lipinski definition) is 6. The van der Waals surface area contributed by atoms with Gasteiger partial charge in [0.25, 0.3) is 0 Å². The van der Waals surface area contributed by atoms with Gasteiger partial charge in [-0.15, -0.1) is 0 Å². The number of alkyl carbamates (subject to hydrolysis) is 1. The van der Waals surface area contributed by atoms with Crippen LogP contribution in [0.5, 0.6) is 0 Å². The zero-order valence-corrected chi connectivity index (χ0v) is 14.8. The van der Waals surface area contributed by atoms with Gasteiger partial charge >= 0.3 is 12.1 Å². The monoisotopic (exact) mass is 363 g/mol. The molecular formula is C18H25N3O5. The van der Waals surface area contributed by atoms with Crippen molar-refractivity contribution in [2.45, 2.75) is 38.0 Å². The number of benzene rings is 1. The van der Waals surface area contributed by atoms with E-state index in [2.05, 4.69) is 5.32 Å². The maximum atomic E-state index is 12.7. The largest absolute Gasteiger partial charge is 0.467 e. The molecule has 142 valence electrons. The van der Waals surface area contributed by atoms with Gasteiger partial charge < -0.3 is 25.4 Å². The number of nitrogens with one attached hydrogen (secondary N) is 1. The third-order valence-corrected chi connectivity index (χ3v) is 4.30. The summed E-state index contributed by atoms with van der Waals surface area (Å²) in [4.78, 5) is 38.1. The van der Waals surface area contributed by atoms with E-state index in [1.165, 1.54) is 12.0 Å². The number of rotatable bonds is 6. The zero-order valence-electron chi connectivity index (χ0n) is 14.8. The second-order valence-corrected chi connectivity index (χ2v) is 6.06. The van der Waals surface area contributed by atoms with E-state index in [-0.39, 0.29) is 13.2 Å². The fourth-order valence-corrected chi connectivity index (χ4v) is 2.91. The molecule has 1 saturated heterocycles. The number of hydrogen-bond donors (Lipinski definition) is 2. The quantitative estimate of drug-likeness (QED) is 0.723. The summed E-state index contributed by atoms with van der Waals surface area (Å²) < 4.78 is 9.90. The van der Waals surface area contributed by atoms with Gasteiger partial charge in [-0.25, -0.2) is 9.59 Å². The van der Waals surface area contributed by atoms with Crippen molar-refractivity contribution in [2.24, 2.45) is 5.73 Å². The lowest BCUT2D eigenvalue weighted by Crippen LogP contribution is -2.57. The molecule has 0 spiro atoms. The number of methoxy groups -OCH3 is 1. The predicted octanol–water partition coefficient (Wildman–Crippen LogP) is 0.794. The standard InChI is InChI=1S/C18H25N3O5/c1-25-17(23)15-9-5-6-10-21(15)16(22)14(11-19)20-18(24)26-12-13-7-3-2-4-8-13/h2-4,7-8,14-15H,5-6,9-12,19H2,1H3,(H,20,24)/t14-,15+/m0/s1. The van der Waals surface area contributed by atoms with E-state index in [1.807, 2.05) is 30.3 Å². The van der Waals surface area contributed by atoms with Gasteiger partial charge in [0, 0.05) is 13.1 Å². The van der Waals surface area contributed by atoms with Crippen LogP contribution in [0, 0.1) is 0 Å². The van der Waals surface area contributed by atoms with Crippen molar-refractivity contribution in [1.29, 1.82) is 0 Å². The lowest BCUT2D eigenvalue weighted by Gasteiger charge is -2.35. The number of carbonyl (C=O) groups excluding carboxylic acids is 3. The number of amides is 2. The van der Waals surface area contributed by atoms with E-state index < -0.39 is 30.1 Å². The van der Waals surface area contributed by atoms with Gasteiger partial charge in [-0.2, -0.15) is 0 Å². The summed E-state index contributed by atoms with van der Waals surface area (Å²) in [5.41, 5.74) is 6.49. The molecule has 26 heavy (non-hydrogen) atoms. The van der Waals surface area contributed by atoms with Crippen LogP contribution in [0.15, 0.2) is 30.3 Å². The first-order valence-corrected chi connectivity index (χ1v) is 8.62. The van der Waals surface area contributed by atoms with Crippen molar-refractivity contribution in [3.63, 3.8) is 0 Å². The van der Waals surface area contributed by atoms with Gasteiger partial charge in [0.15, 0.2) is 0 Å². The second-order valence-electron chi connectivity index (χ2n) is 6.06. The second kappa shape index (κ2) is 9.76. The Morgan fingerprint density at radius 2 is 2.00 bits per heavy atom. The molecule has 0 aliphatic carbocycles. The molecule has 1 aromatic carbocycles. The third kappa shape index (κ3) is 5.19. The minimum absolute atomic E-state index is 0.0899. The Bertz CT molecular complexity index is 623. The maximum absolute atomic E-state index is 12.7. The van der Waals surface area contributed by atoms with Crippen LogP contribution in [-0.2, 0) is 25.7 Å². The molecule has 1 aliphatic heterocycles. The Morgan fingerprint density at radius 3 is 2.65 bits per heavy atom. The molecule has 0 aromatic heterocycles. The topological polar surface area (TPSA) is 111 Å². The number of nitrogens with two attached hydrogens (primary N) is 1. The lowest BCUT2D eigenvalue weighted by atomic mass is 10.0. The first-order valence-electron chi connectivity index (χ1n) is 8.62. The Kier molecular flexibility index (Phi) is 7.40. The van der Waals surface area contributed by atoms with Crippen LogP contribution in [0.25, 0.3) is 0 Å². The lowest BCUT2D eigenvalue weighted by molar-refractivity contribution is -0.155. The minimum Gasteiger partial charge on any atom is -0.467 e. The molecule has 1 fully saturated rings. The van der Waals surface area contributed by atoms with Crippen molar-refractivity contribution >= 4 is 18.0 Å². The molecule has 0 saturated carbocycles. The Morgan fingerprint density at radius 1 is 1.27 bits per heavy atom. The number of piperidine rings is 1. The summed E-state index contributed by atoms with van der Waals surface area (Å²) in [6, 6.07) is 7.60. The molecule has 8 nitrogen and oxygen atoms in total. The van der Waals surface area contributed by atoms with E-state index in [0.717, 1.165) is 18.4 Å². The molecule has 1 aromatic rings. The maximum Gasteiger partial charge on any atom is 0.408 e. The molecule has 0 bridgehead atoms. The number of esters is 1. The highest BCUT2D eigenvalue weighted by molar-refractivity contribution is 5.90. The highest BCUT2D eigenvalue weighted by atomic mass is 16.5. The summed E-state index contributed by atoms with van der Waals surface area (Å²) in [5, 5.41) is 2.48. The van der Waals surface area contributed by atoms with Gasteiger partial charge in [0.1, 0.15) is 18.7 Å². The molecular weight excluding hydrogens is 338 g/mol. The van der Waals surface area contributed by atoms with Crippen LogP contribution >= 0.6 is 0 Å². The Balaban J connectivity index is 1.94.